The second-order valence-corrected chi connectivity index (χ2v) is 5.26. The molecule has 0 aliphatic rings. The Morgan fingerprint density at radius 2 is 1.94 bits per heavy atom. The molecular formula is C14H22BrNO. The molecule has 1 aromatic rings. The highest BCUT2D eigenvalue weighted by Crippen LogP contribution is 2.25. The second-order valence-electron chi connectivity index (χ2n) is 4.34. The first-order valence-corrected chi connectivity index (χ1v) is 6.94. The normalized spacial score (nSPS) is 11.2. The van der Waals surface area contributed by atoms with E-state index in [0.717, 1.165) is 16.8 Å². The molecule has 0 aromatic heterocycles. The Hall–Kier alpha value is -0.540. The van der Waals surface area contributed by atoms with Crippen LogP contribution in [0.15, 0.2) is 22.7 Å². The van der Waals surface area contributed by atoms with Gasteiger partial charge in [-0.05, 0) is 38.1 Å². The molecule has 1 rings (SSSR count). The van der Waals surface area contributed by atoms with E-state index in [1.54, 1.807) is 7.11 Å². The van der Waals surface area contributed by atoms with E-state index in [-0.39, 0.29) is 0 Å². The van der Waals surface area contributed by atoms with Gasteiger partial charge in [-0.25, -0.2) is 0 Å². The average Bonchev–Trinajstić information content (AvgIpc) is 2.31. The number of nitrogens with zero attached hydrogens (tertiary/aromatic N) is 1. The zero-order valence-electron chi connectivity index (χ0n) is 11.2. The lowest BCUT2D eigenvalue weighted by atomic mass is 10.1. The molecule has 1 aromatic carbocycles. The molecule has 0 radical (unpaired) electrons. The van der Waals surface area contributed by atoms with E-state index in [1.807, 2.05) is 12.1 Å². The third-order valence-electron chi connectivity index (χ3n) is 3.23. The quantitative estimate of drug-likeness (QED) is 0.785. The van der Waals surface area contributed by atoms with E-state index in [2.05, 4.69) is 47.8 Å². The Kier molecular flexibility index (Phi) is 6.00. The monoisotopic (exact) mass is 299 g/mol. The van der Waals surface area contributed by atoms with E-state index >= 15 is 0 Å². The van der Waals surface area contributed by atoms with E-state index in [4.69, 9.17) is 4.74 Å². The van der Waals surface area contributed by atoms with E-state index in [0.29, 0.717) is 6.04 Å². The number of rotatable bonds is 6. The maximum absolute atomic E-state index is 5.40. The molecule has 0 saturated carbocycles. The molecule has 0 saturated heterocycles. The molecule has 0 amide bonds. The summed E-state index contributed by atoms with van der Waals surface area (Å²) < 4.78 is 6.50. The van der Waals surface area contributed by atoms with Crippen LogP contribution in [-0.4, -0.2) is 25.1 Å². The number of halogens is 1. The largest absolute Gasteiger partial charge is 0.496 e. The lowest BCUT2D eigenvalue weighted by molar-refractivity contribution is 0.219. The van der Waals surface area contributed by atoms with Crippen LogP contribution < -0.4 is 4.74 Å². The molecule has 0 unspecified atom stereocenters. The zero-order chi connectivity index (χ0) is 12.8. The minimum atomic E-state index is 0.638. The molecular weight excluding hydrogens is 278 g/mol. The van der Waals surface area contributed by atoms with Gasteiger partial charge in [-0.2, -0.15) is 0 Å². The fourth-order valence-corrected chi connectivity index (χ4v) is 2.59. The molecule has 2 nitrogen and oxygen atoms in total. The Balaban J connectivity index is 2.82. The minimum absolute atomic E-state index is 0.638. The summed E-state index contributed by atoms with van der Waals surface area (Å²) in [4.78, 5) is 2.39. The number of ether oxygens (including phenoxy) is 1. The predicted octanol–water partition coefficient (Wildman–Crippen LogP) is 4.08. The third kappa shape index (κ3) is 4.00. The van der Waals surface area contributed by atoms with Gasteiger partial charge < -0.3 is 4.74 Å². The topological polar surface area (TPSA) is 12.5 Å². The van der Waals surface area contributed by atoms with Crippen molar-refractivity contribution in [2.24, 2.45) is 0 Å². The maximum atomic E-state index is 5.40. The molecule has 0 bridgehead atoms. The van der Waals surface area contributed by atoms with Crippen LogP contribution in [0.4, 0.5) is 0 Å². The Morgan fingerprint density at radius 1 is 1.29 bits per heavy atom. The first-order valence-electron chi connectivity index (χ1n) is 6.15. The highest BCUT2D eigenvalue weighted by atomic mass is 79.9. The summed E-state index contributed by atoms with van der Waals surface area (Å²) >= 11 is 3.51. The molecule has 0 aliphatic carbocycles. The number of methoxy groups -OCH3 is 1. The average molecular weight is 300 g/mol. The van der Waals surface area contributed by atoms with Crippen molar-refractivity contribution < 1.29 is 4.74 Å². The van der Waals surface area contributed by atoms with Crippen LogP contribution in [0.3, 0.4) is 0 Å². The summed E-state index contributed by atoms with van der Waals surface area (Å²) in [5, 5.41) is 0. The molecule has 0 fully saturated rings. The Bertz CT molecular complexity index is 350. The standard InChI is InChI=1S/C14H22BrNO/c1-5-13(6-2)16(3)10-11-9-12(15)7-8-14(11)17-4/h7-9,13H,5-6,10H2,1-4H3. The van der Waals surface area contributed by atoms with E-state index < -0.39 is 0 Å². The van der Waals surface area contributed by atoms with Crippen molar-refractivity contribution in [2.75, 3.05) is 14.2 Å². The summed E-state index contributed by atoms with van der Waals surface area (Å²) in [6.45, 7) is 5.40. The van der Waals surface area contributed by atoms with Gasteiger partial charge in [0, 0.05) is 22.6 Å². The van der Waals surface area contributed by atoms with Gasteiger partial charge in [-0.15, -0.1) is 0 Å². The van der Waals surface area contributed by atoms with Crippen molar-refractivity contribution in [1.82, 2.24) is 4.90 Å². The SMILES string of the molecule is CCC(CC)N(C)Cc1cc(Br)ccc1OC. The van der Waals surface area contributed by atoms with Crippen LogP contribution in [-0.2, 0) is 6.54 Å². The van der Waals surface area contributed by atoms with Crippen molar-refractivity contribution in [3.05, 3.63) is 28.2 Å². The van der Waals surface area contributed by atoms with Crippen LogP contribution in [0.2, 0.25) is 0 Å². The molecule has 0 atom stereocenters. The highest BCUT2D eigenvalue weighted by molar-refractivity contribution is 9.10. The first kappa shape index (κ1) is 14.5. The van der Waals surface area contributed by atoms with Gasteiger partial charge in [0.1, 0.15) is 5.75 Å². The molecule has 0 aliphatic heterocycles. The number of hydrogen-bond acceptors (Lipinski definition) is 2. The van der Waals surface area contributed by atoms with E-state index in [9.17, 15) is 0 Å². The van der Waals surface area contributed by atoms with Crippen LogP contribution >= 0.6 is 15.9 Å². The second kappa shape index (κ2) is 7.02. The summed E-state index contributed by atoms with van der Waals surface area (Å²) in [7, 11) is 3.90. The lowest BCUT2D eigenvalue weighted by Crippen LogP contribution is -2.30. The fourth-order valence-electron chi connectivity index (χ4n) is 2.18. The molecule has 0 spiro atoms. The van der Waals surface area contributed by atoms with Gasteiger partial charge in [0.2, 0.25) is 0 Å². The number of benzene rings is 1. The summed E-state index contributed by atoms with van der Waals surface area (Å²) in [5.74, 6) is 0.964. The lowest BCUT2D eigenvalue weighted by Gasteiger charge is -2.26. The predicted molar refractivity (Wildman–Crippen MR) is 76.5 cm³/mol. The van der Waals surface area contributed by atoms with Gasteiger partial charge in [0.05, 0.1) is 7.11 Å². The Morgan fingerprint density at radius 3 is 2.47 bits per heavy atom. The number of hydrogen-bond donors (Lipinski definition) is 0. The van der Waals surface area contributed by atoms with Crippen LogP contribution in [0, 0.1) is 0 Å². The van der Waals surface area contributed by atoms with E-state index in [1.165, 1.54) is 18.4 Å². The van der Waals surface area contributed by atoms with Gasteiger partial charge >= 0.3 is 0 Å². The molecule has 17 heavy (non-hydrogen) atoms. The third-order valence-corrected chi connectivity index (χ3v) is 3.72. The van der Waals surface area contributed by atoms with Gasteiger partial charge in [0.15, 0.2) is 0 Å². The fraction of sp³-hybridized carbons (Fsp3) is 0.571. The van der Waals surface area contributed by atoms with Crippen molar-refractivity contribution in [3.63, 3.8) is 0 Å². The van der Waals surface area contributed by atoms with Crippen molar-refractivity contribution in [2.45, 2.75) is 39.3 Å². The minimum Gasteiger partial charge on any atom is -0.496 e. The smallest absolute Gasteiger partial charge is 0.123 e. The molecule has 3 heteroatoms. The summed E-state index contributed by atoms with van der Waals surface area (Å²) in [6.07, 6.45) is 2.37. The zero-order valence-corrected chi connectivity index (χ0v) is 12.8. The first-order chi connectivity index (χ1) is 8.12. The molecule has 0 heterocycles. The Labute approximate surface area is 113 Å². The van der Waals surface area contributed by atoms with Gasteiger partial charge in [-0.1, -0.05) is 29.8 Å². The highest BCUT2D eigenvalue weighted by Gasteiger charge is 2.13. The maximum Gasteiger partial charge on any atom is 0.123 e. The van der Waals surface area contributed by atoms with Crippen LogP contribution in [0.1, 0.15) is 32.3 Å². The van der Waals surface area contributed by atoms with Crippen molar-refractivity contribution >= 4 is 15.9 Å². The van der Waals surface area contributed by atoms with Gasteiger partial charge in [0.25, 0.3) is 0 Å². The molecule has 0 N–H and O–H groups in total. The van der Waals surface area contributed by atoms with Crippen LogP contribution in [0.5, 0.6) is 5.75 Å². The van der Waals surface area contributed by atoms with Crippen molar-refractivity contribution in [3.8, 4) is 5.75 Å². The summed E-state index contributed by atoms with van der Waals surface area (Å²) in [5.41, 5.74) is 1.23. The van der Waals surface area contributed by atoms with Crippen molar-refractivity contribution in [1.29, 1.82) is 0 Å². The summed E-state index contributed by atoms with van der Waals surface area (Å²) in [6, 6.07) is 6.80. The van der Waals surface area contributed by atoms with Crippen LogP contribution in [0.25, 0.3) is 0 Å². The molecule has 96 valence electrons. The van der Waals surface area contributed by atoms with Gasteiger partial charge in [-0.3, -0.25) is 4.90 Å².